The summed E-state index contributed by atoms with van der Waals surface area (Å²) in [5, 5.41) is -0.292. The molecule has 0 spiro atoms. The molecule has 116 valence electrons. The molecule has 0 bridgehead atoms. The predicted molar refractivity (Wildman–Crippen MR) is 92.6 cm³/mol. The lowest BCUT2D eigenvalue weighted by Crippen LogP contribution is -2.27. The van der Waals surface area contributed by atoms with Gasteiger partial charge in [-0.3, -0.25) is 9.59 Å². The number of rotatable bonds is 3. The first-order valence-electron chi connectivity index (χ1n) is 7.08. The SMILES string of the molecule is COc1ccc(N2C(=O)S/C(=C\c3ccccc3C)C2=O)cc1. The first-order chi connectivity index (χ1) is 11.1. The van der Waals surface area contributed by atoms with E-state index in [9.17, 15) is 9.59 Å². The van der Waals surface area contributed by atoms with Gasteiger partial charge in [-0.25, -0.2) is 4.90 Å². The largest absolute Gasteiger partial charge is 0.497 e. The normalized spacial score (nSPS) is 16.3. The van der Waals surface area contributed by atoms with E-state index in [1.54, 1.807) is 37.5 Å². The molecule has 2 aromatic carbocycles. The topological polar surface area (TPSA) is 46.6 Å². The number of anilines is 1. The Labute approximate surface area is 138 Å². The number of nitrogens with zero attached hydrogens (tertiary/aromatic N) is 1. The summed E-state index contributed by atoms with van der Waals surface area (Å²) in [6.45, 7) is 1.97. The van der Waals surface area contributed by atoms with Crippen molar-refractivity contribution in [2.45, 2.75) is 6.92 Å². The second kappa shape index (κ2) is 6.30. The van der Waals surface area contributed by atoms with E-state index in [1.807, 2.05) is 31.2 Å². The van der Waals surface area contributed by atoms with Gasteiger partial charge in [-0.1, -0.05) is 24.3 Å². The lowest BCUT2D eigenvalue weighted by Gasteiger charge is -2.12. The Morgan fingerprint density at radius 3 is 2.39 bits per heavy atom. The van der Waals surface area contributed by atoms with Crippen molar-refractivity contribution >= 4 is 34.7 Å². The average molecular weight is 325 g/mol. The zero-order valence-corrected chi connectivity index (χ0v) is 13.6. The minimum Gasteiger partial charge on any atom is -0.497 e. The molecule has 1 heterocycles. The van der Waals surface area contributed by atoms with Crippen molar-refractivity contribution in [3.8, 4) is 5.75 Å². The fourth-order valence-electron chi connectivity index (χ4n) is 2.31. The number of imide groups is 1. The highest BCUT2D eigenvalue weighted by Gasteiger charge is 2.36. The molecule has 2 amide bonds. The number of thioether (sulfide) groups is 1. The Kier molecular flexibility index (Phi) is 4.21. The molecule has 1 aliphatic heterocycles. The second-order valence-corrected chi connectivity index (χ2v) is 6.06. The van der Waals surface area contributed by atoms with Gasteiger partial charge in [0.25, 0.3) is 11.1 Å². The molecule has 1 saturated heterocycles. The summed E-state index contributed by atoms with van der Waals surface area (Å²) >= 11 is 0.957. The summed E-state index contributed by atoms with van der Waals surface area (Å²) in [6.07, 6.45) is 1.77. The van der Waals surface area contributed by atoms with E-state index in [4.69, 9.17) is 4.74 Å². The fraction of sp³-hybridized carbons (Fsp3) is 0.111. The molecule has 2 aromatic rings. The van der Waals surface area contributed by atoms with E-state index < -0.39 is 0 Å². The van der Waals surface area contributed by atoms with Crippen molar-refractivity contribution in [1.29, 1.82) is 0 Å². The zero-order chi connectivity index (χ0) is 16.4. The maximum absolute atomic E-state index is 12.6. The van der Waals surface area contributed by atoms with E-state index >= 15 is 0 Å². The van der Waals surface area contributed by atoms with Gasteiger partial charge < -0.3 is 4.74 Å². The average Bonchev–Trinajstić information content (AvgIpc) is 2.84. The van der Waals surface area contributed by atoms with Crippen LogP contribution in [0.5, 0.6) is 5.75 Å². The third-order valence-electron chi connectivity index (χ3n) is 3.60. The minimum absolute atomic E-state index is 0.292. The number of methoxy groups -OCH3 is 1. The number of hydrogen-bond donors (Lipinski definition) is 0. The van der Waals surface area contributed by atoms with Crippen LogP contribution in [0.4, 0.5) is 10.5 Å². The van der Waals surface area contributed by atoms with Gasteiger partial charge in [0.2, 0.25) is 0 Å². The number of carbonyl (C=O) groups excluding carboxylic acids is 2. The molecule has 0 saturated carbocycles. The second-order valence-electron chi connectivity index (χ2n) is 5.07. The molecule has 1 aliphatic rings. The van der Waals surface area contributed by atoms with Gasteiger partial charge in [-0.15, -0.1) is 0 Å². The molecule has 0 atom stereocenters. The van der Waals surface area contributed by atoms with Crippen LogP contribution in [0.2, 0.25) is 0 Å². The van der Waals surface area contributed by atoms with E-state index in [2.05, 4.69) is 0 Å². The summed E-state index contributed by atoms with van der Waals surface area (Å²) < 4.78 is 5.09. The van der Waals surface area contributed by atoms with Gasteiger partial charge in [-0.05, 0) is 60.2 Å². The van der Waals surface area contributed by atoms with Gasteiger partial charge >= 0.3 is 0 Å². The maximum Gasteiger partial charge on any atom is 0.298 e. The first kappa shape index (κ1) is 15.4. The summed E-state index contributed by atoms with van der Waals surface area (Å²) in [6, 6.07) is 14.6. The van der Waals surface area contributed by atoms with Crippen LogP contribution in [0.25, 0.3) is 6.08 Å². The van der Waals surface area contributed by atoms with E-state index in [0.717, 1.165) is 22.9 Å². The number of carbonyl (C=O) groups is 2. The zero-order valence-electron chi connectivity index (χ0n) is 12.8. The monoisotopic (exact) mass is 325 g/mol. The van der Waals surface area contributed by atoms with Crippen molar-refractivity contribution in [3.05, 3.63) is 64.6 Å². The summed E-state index contributed by atoms with van der Waals surface area (Å²) in [5.74, 6) is 0.379. The molecule has 0 radical (unpaired) electrons. The van der Waals surface area contributed by atoms with Gasteiger partial charge in [0.1, 0.15) is 5.75 Å². The van der Waals surface area contributed by atoms with Crippen molar-refractivity contribution in [2.75, 3.05) is 12.0 Å². The molecule has 1 fully saturated rings. The molecule has 0 unspecified atom stereocenters. The van der Waals surface area contributed by atoms with E-state index in [-0.39, 0.29) is 11.1 Å². The quantitative estimate of drug-likeness (QED) is 0.792. The van der Waals surface area contributed by atoms with Crippen LogP contribution in [0.15, 0.2) is 53.4 Å². The summed E-state index contributed by atoms with van der Waals surface area (Å²) in [7, 11) is 1.57. The number of hydrogen-bond acceptors (Lipinski definition) is 4. The third kappa shape index (κ3) is 3.00. The van der Waals surface area contributed by atoms with E-state index in [0.29, 0.717) is 16.3 Å². The Hall–Kier alpha value is -2.53. The first-order valence-corrected chi connectivity index (χ1v) is 7.89. The van der Waals surface area contributed by atoms with Crippen molar-refractivity contribution in [3.63, 3.8) is 0 Å². The van der Waals surface area contributed by atoms with Crippen LogP contribution in [0.3, 0.4) is 0 Å². The number of amides is 2. The lowest BCUT2D eigenvalue weighted by molar-refractivity contribution is -0.113. The Balaban J connectivity index is 1.92. The molecule has 5 heteroatoms. The summed E-state index contributed by atoms with van der Waals surface area (Å²) in [4.78, 5) is 26.4. The molecule has 3 rings (SSSR count). The minimum atomic E-state index is -0.298. The Morgan fingerprint density at radius 2 is 1.74 bits per heavy atom. The van der Waals surface area contributed by atoms with Crippen LogP contribution >= 0.6 is 11.8 Å². The van der Waals surface area contributed by atoms with Crippen LogP contribution in [-0.2, 0) is 4.79 Å². The molecule has 0 N–H and O–H groups in total. The molecular formula is C18H15NO3S. The number of aryl methyl sites for hydroxylation is 1. The van der Waals surface area contributed by atoms with Gasteiger partial charge in [-0.2, -0.15) is 0 Å². The van der Waals surface area contributed by atoms with Crippen molar-refractivity contribution in [1.82, 2.24) is 0 Å². The van der Waals surface area contributed by atoms with Crippen LogP contribution < -0.4 is 9.64 Å². The smallest absolute Gasteiger partial charge is 0.298 e. The highest BCUT2D eigenvalue weighted by Crippen LogP contribution is 2.36. The van der Waals surface area contributed by atoms with Crippen LogP contribution in [-0.4, -0.2) is 18.3 Å². The van der Waals surface area contributed by atoms with Crippen molar-refractivity contribution in [2.24, 2.45) is 0 Å². The Morgan fingerprint density at radius 1 is 1.04 bits per heavy atom. The van der Waals surface area contributed by atoms with Crippen molar-refractivity contribution < 1.29 is 14.3 Å². The molecular weight excluding hydrogens is 310 g/mol. The number of ether oxygens (including phenoxy) is 1. The van der Waals surface area contributed by atoms with Gasteiger partial charge in [0.05, 0.1) is 17.7 Å². The highest BCUT2D eigenvalue weighted by atomic mass is 32.2. The predicted octanol–water partition coefficient (Wildman–Crippen LogP) is 4.24. The summed E-state index contributed by atoms with van der Waals surface area (Å²) in [5.41, 5.74) is 2.54. The fourth-order valence-corrected chi connectivity index (χ4v) is 3.14. The maximum atomic E-state index is 12.6. The van der Waals surface area contributed by atoms with Gasteiger partial charge in [0, 0.05) is 0 Å². The van der Waals surface area contributed by atoms with Crippen LogP contribution in [0, 0.1) is 6.92 Å². The molecule has 0 aliphatic carbocycles. The lowest BCUT2D eigenvalue weighted by atomic mass is 10.1. The standard InChI is InChI=1S/C18H15NO3S/c1-12-5-3-4-6-13(12)11-16-17(20)19(18(21)23-16)14-7-9-15(22-2)10-8-14/h3-11H,1-2H3/b16-11-. The highest BCUT2D eigenvalue weighted by molar-refractivity contribution is 8.19. The Bertz CT molecular complexity index is 796. The molecule has 4 nitrogen and oxygen atoms in total. The number of benzene rings is 2. The molecule has 23 heavy (non-hydrogen) atoms. The molecule has 0 aromatic heterocycles. The van der Waals surface area contributed by atoms with E-state index in [1.165, 1.54) is 4.90 Å². The third-order valence-corrected chi connectivity index (χ3v) is 4.47. The van der Waals surface area contributed by atoms with Gasteiger partial charge in [0.15, 0.2) is 0 Å². The van der Waals surface area contributed by atoms with Crippen LogP contribution in [0.1, 0.15) is 11.1 Å².